The van der Waals surface area contributed by atoms with Crippen molar-refractivity contribution in [3.8, 4) is 0 Å². The molecular weight excluding hydrogens is 258 g/mol. The van der Waals surface area contributed by atoms with Crippen molar-refractivity contribution >= 4 is 22.9 Å². The zero-order chi connectivity index (χ0) is 13.8. The van der Waals surface area contributed by atoms with Gasteiger partial charge in [-0.05, 0) is 37.1 Å². The molecule has 3 N–H and O–H groups in total. The van der Waals surface area contributed by atoms with Gasteiger partial charge in [0, 0.05) is 17.6 Å². The number of nitrogens with two attached hydrogens (primary N) is 1. The van der Waals surface area contributed by atoms with Crippen LogP contribution in [-0.4, -0.2) is 10.9 Å². The Balaban J connectivity index is 2.00. The number of aromatic nitrogens is 1. The molecule has 5 heteroatoms. The Morgan fingerprint density at radius 3 is 2.58 bits per heavy atom. The van der Waals surface area contributed by atoms with E-state index < -0.39 is 0 Å². The Bertz CT molecular complexity index is 572. The third-order valence-corrected chi connectivity index (χ3v) is 3.54. The van der Waals surface area contributed by atoms with E-state index in [4.69, 9.17) is 5.73 Å². The molecule has 0 fully saturated rings. The monoisotopic (exact) mass is 275 g/mol. The highest BCUT2D eigenvalue weighted by molar-refractivity contribution is 7.09. The van der Waals surface area contributed by atoms with Crippen LogP contribution < -0.4 is 11.1 Å². The molecule has 0 saturated heterocycles. The van der Waals surface area contributed by atoms with Gasteiger partial charge in [-0.3, -0.25) is 4.79 Å². The molecule has 0 atom stereocenters. The Morgan fingerprint density at radius 2 is 2.00 bits per heavy atom. The maximum atomic E-state index is 11.9. The van der Waals surface area contributed by atoms with E-state index in [0.717, 1.165) is 27.5 Å². The van der Waals surface area contributed by atoms with Gasteiger partial charge in [-0.15, -0.1) is 11.3 Å². The maximum Gasteiger partial charge on any atom is 0.230 e. The molecule has 1 aromatic carbocycles. The summed E-state index contributed by atoms with van der Waals surface area (Å²) in [5.41, 5.74) is 9.37. The van der Waals surface area contributed by atoms with Crippen LogP contribution in [-0.2, 0) is 17.8 Å². The molecule has 1 amide bonds. The van der Waals surface area contributed by atoms with Crippen LogP contribution in [0.2, 0.25) is 0 Å². The summed E-state index contributed by atoms with van der Waals surface area (Å²) >= 11 is 1.49. The van der Waals surface area contributed by atoms with Crippen LogP contribution >= 0.6 is 11.3 Å². The minimum atomic E-state index is -0.0566. The number of carbonyl (C=O) groups is 1. The topological polar surface area (TPSA) is 68.0 Å². The van der Waals surface area contributed by atoms with E-state index in [0.29, 0.717) is 6.54 Å². The van der Waals surface area contributed by atoms with Crippen molar-refractivity contribution < 1.29 is 4.79 Å². The Morgan fingerprint density at radius 1 is 1.32 bits per heavy atom. The van der Waals surface area contributed by atoms with E-state index >= 15 is 0 Å². The number of hydrogen-bond acceptors (Lipinski definition) is 4. The Kier molecular flexibility index (Phi) is 4.29. The molecule has 0 radical (unpaired) electrons. The largest absolute Gasteiger partial charge is 0.326 e. The molecule has 19 heavy (non-hydrogen) atoms. The summed E-state index contributed by atoms with van der Waals surface area (Å²) < 4.78 is 0. The van der Waals surface area contributed by atoms with E-state index in [1.807, 2.05) is 31.4 Å². The number of rotatable bonds is 4. The first kappa shape index (κ1) is 13.7. The molecular formula is C14H17N3OS. The van der Waals surface area contributed by atoms with Gasteiger partial charge >= 0.3 is 0 Å². The highest BCUT2D eigenvalue weighted by atomic mass is 32.1. The Hall–Kier alpha value is -1.72. The average Bonchev–Trinajstić information content (AvgIpc) is 2.74. The zero-order valence-electron chi connectivity index (χ0n) is 11.1. The second-order valence-corrected chi connectivity index (χ2v) is 5.48. The number of thiazole rings is 1. The van der Waals surface area contributed by atoms with Crippen LogP contribution in [0.5, 0.6) is 0 Å². The molecule has 0 aliphatic rings. The fourth-order valence-electron chi connectivity index (χ4n) is 1.94. The lowest BCUT2D eigenvalue weighted by atomic mass is 10.1. The van der Waals surface area contributed by atoms with E-state index in [1.54, 1.807) is 0 Å². The SMILES string of the molecule is Cc1cc(C)cc(NC(=O)Cc2csc(CN)n2)c1. The summed E-state index contributed by atoms with van der Waals surface area (Å²) in [7, 11) is 0. The van der Waals surface area contributed by atoms with Crippen molar-refractivity contribution in [1.29, 1.82) is 0 Å². The van der Waals surface area contributed by atoms with Gasteiger partial charge in [0.15, 0.2) is 0 Å². The molecule has 1 heterocycles. The summed E-state index contributed by atoms with van der Waals surface area (Å²) in [6, 6.07) is 5.98. The van der Waals surface area contributed by atoms with E-state index in [9.17, 15) is 4.79 Å². The number of benzene rings is 1. The number of nitrogens with one attached hydrogen (secondary N) is 1. The second-order valence-electron chi connectivity index (χ2n) is 4.54. The van der Waals surface area contributed by atoms with Gasteiger partial charge in [-0.1, -0.05) is 6.07 Å². The lowest BCUT2D eigenvalue weighted by Crippen LogP contribution is -2.15. The molecule has 0 aliphatic heterocycles. The zero-order valence-corrected chi connectivity index (χ0v) is 11.9. The van der Waals surface area contributed by atoms with Crippen LogP contribution in [0.15, 0.2) is 23.6 Å². The van der Waals surface area contributed by atoms with Gasteiger partial charge in [0.2, 0.25) is 5.91 Å². The quantitative estimate of drug-likeness (QED) is 0.900. The first-order chi connectivity index (χ1) is 9.06. The Labute approximate surface area is 116 Å². The van der Waals surface area contributed by atoms with Crippen LogP contribution in [0.4, 0.5) is 5.69 Å². The highest BCUT2D eigenvalue weighted by Crippen LogP contribution is 2.15. The molecule has 2 aromatic rings. The predicted octanol–water partition coefficient (Wildman–Crippen LogP) is 2.40. The molecule has 2 rings (SSSR count). The van der Waals surface area contributed by atoms with Gasteiger partial charge in [0.1, 0.15) is 5.01 Å². The number of aryl methyl sites for hydroxylation is 2. The van der Waals surface area contributed by atoms with Crippen molar-refractivity contribution in [3.63, 3.8) is 0 Å². The van der Waals surface area contributed by atoms with E-state index in [2.05, 4.69) is 16.4 Å². The molecule has 0 bridgehead atoms. The van der Waals surface area contributed by atoms with Crippen LogP contribution in [0.3, 0.4) is 0 Å². The minimum absolute atomic E-state index is 0.0566. The van der Waals surface area contributed by atoms with Gasteiger partial charge < -0.3 is 11.1 Å². The summed E-state index contributed by atoms with van der Waals surface area (Å²) in [5, 5.41) is 5.63. The van der Waals surface area contributed by atoms with Crippen molar-refractivity contribution in [2.24, 2.45) is 5.73 Å². The van der Waals surface area contributed by atoms with Gasteiger partial charge in [-0.2, -0.15) is 0 Å². The lowest BCUT2D eigenvalue weighted by molar-refractivity contribution is -0.115. The third-order valence-electron chi connectivity index (χ3n) is 2.62. The van der Waals surface area contributed by atoms with Crippen LogP contribution in [0, 0.1) is 13.8 Å². The predicted molar refractivity (Wildman–Crippen MR) is 78.3 cm³/mol. The van der Waals surface area contributed by atoms with Gasteiger partial charge in [0.25, 0.3) is 0 Å². The minimum Gasteiger partial charge on any atom is -0.326 e. The fraction of sp³-hybridized carbons (Fsp3) is 0.286. The smallest absolute Gasteiger partial charge is 0.230 e. The van der Waals surface area contributed by atoms with Crippen molar-refractivity contribution in [2.75, 3.05) is 5.32 Å². The molecule has 0 saturated carbocycles. The van der Waals surface area contributed by atoms with Crippen molar-refractivity contribution in [3.05, 3.63) is 45.4 Å². The summed E-state index contributed by atoms with van der Waals surface area (Å²) in [4.78, 5) is 16.2. The van der Waals surface area contributed by atoms with E-state index in [1.165, 1.54) is 11.3 Å². The summed E-state index contributed by atoms with van der Waals surface area (Å²) in [5.74, 6) is -0.0566. The molecule has 1 aromatic heterocycles. The third kappa shape index (κ3) is 3.87. The number of carbonyl (C=O) groups excluding carboxylic acids is 1. The second kappa shape index (κ2) is 5.95. The molecule has 100 valence electrons. The standard InChI is InChI=1S/C14H17N3OS/c1-9-3-10(2)5-11(4-9)16-13(18)6-12-8-19-14(7-15)17-12/h3-5,8H,6-7,15H2,1-2H3,(H,16,18). The fourth-order valence-corrected chi connectivity index (χ4v) is 2.61. The lowest BCUT2D eigenvalue weighted by Gasteiger charge is -2.06. The summed E-state index contributed by atoms with van der Waals surface area (Å²) in [6.07, 6.45) is 0.281. The number of hydrogen-bond donors (Lipinski definition) is 2. The molecule has 0 aliphatic carbocycles. The average molecular weight is 275 g/mol. The van der Waals surface area contributed by atoms with Crippen LogP contribution in [0.1, 0.15) is 21.8 Å². The molecule has 4 nitrogen and oxygen atoms in total. The maximum absolute atomic E-state index is 11.9. The van der Waals surface area contributed by atoms with E-state index in [-0.39, 0.29) is 12.3 Å². The first-order valence-corrected chi connectivity index (χ1v) is 6.96. The first-order valence-electron chi connectivity index (χ1n) is 6.08. The number of anilines is 1. The van der Waals surface area contributed by atoms with Crippen LogP contribution in [0.25, 0.3) is 0 Å². The normalized spacial score (nSPS) is 10.5. The molecule has 0 unspecified atom stereocenters. The highest BCUT2D eigenvalue weighted by Gasteiger charge is 2.08. The molecule has 0 spiro atoms. The van der Waals surface area contributed by atoms with Gasteiger partial charge in [0.05, 0.1) is 12.1 Å². The number of amides is 1. The summed E-state index contributed by atoms with van der Waals surface area (Å²) in [6.45, 7) is 4.44. The number of nitrogens with zero attached hydrogens (tertiary/aromatic N) is 1. The van der Waals surface area contributed by atoms with Crippen molar-refractivity contribution in [2.45, 2.75) is 26.8 Å². The van der Waals surface area contributed by atoms with Gasteiger partial charge in [-0.25, -0.2) is 4.98 Å². The van der Waals surface area contributed by atoms with Crippen molar-refractivity contribution in [1.82, 2.24) is 4.98 Å².